The number of hydrogen-bond acceptors (Lipinski definition) is 11. The molecule has 0 saturated heterocycles. The van der Waals surface area contributed by atoms with Crippen LogP contribution in [0.5, 0.6) is 0 Å². The number of nitrogens with one attached hydrogen (secondary N) is 7. The number of carboxylic acids is 1. The number of nitrogens with two attached hydrogens (primary N) is 2. The summed E-state index contributed by atoms with van der Waals surface area (Å²) in [5.74, 6) is -6.59. The summed E-state index contributed by atoms with van der Waals surface area (Å²) in [6.45, 7) is 4.84. The molecule has 0 unspecified atom stereocenters. The highest BCUT2D eigenvalue weighted by atomic mass is 16.4. The molecule has 0 spiro atoms. The van der Waals surface area contributed by atoms with Gasteiger partial charge in [-0.05, 0) is 50.5 Å². The summed E-state index contributed by atoms with van der Waals surface area (Å²) in [4.78, 5) is 98.3. The number of aliphatic carboxylic acids is 1. The molecule has 13 N–H and O–H groups in total. The minimum absolute atomic E-state index is 0.0441. The maximum absolute atomic E-state index is 13.1. The van der Waals surface area contributed by atoms with Crippen LogP contribution in [0.3, 0.4) is 0 Å². The summed E-state index contributed by atoms with van der Waals surface area (Å²) in [6, 6.07) is -5.09. The second-order valence-corrected chi connectivity index (χ2v) is 11.9. The van der Waals surface area contributed by atoms with Crippen molar-refractivity contribution in [1.29, 1.82) is 0 Å². The topological polar surface area (TPSA) is 313 Å². The Morgan fingerprint density at radius 2 is 1.00 bits per heavy atom. The Morgan fingerprint density at radius 3 is 1.48 bits per heavy atom. The van der Waals surface area contributed by atoms with Crippen molar-refractivity contribution in [3.8, 4) is 0 Å². The molecule has 19 nitrogen and oxygen atoms in total. The van der Waals surface area contributed by atoms with Crippen molar-refractivity contribution in [2.24, 2.45) is 23.3 Å². The predicted octanol–water partition coefficient (Wildman–Crippen LogP) is -4.47. The third-order valence-electron chi connectivity index (χ3n) is 6.60. The van der Waals surface area contributed by atoms with Crippen molar-refractivity contribution in [3.05, 3.63) is 0 Å². The molecule has 0 radical (unpaired) electrons. The van der Waals surface area contributed by atoms with E-state index in [0.717, 1.165) is 0 Å². The Balaban J connectivity index is 5.36. The fraction of sp³-hybridized carbons (Fsp3) is 0.724. The first kappa shape index (κ1) is 43.6. The number of rotatable bonds is 24. The van der Waals surface area contributed by atoms with E-state index in [2.05, 4.69) is 37.2 Å². The fourth-order valence-corrected chi connectivity index (χ4v) is 4.15. The van der Waals surface area contributed by atoms with Crippen molar-refractivity contribution in [2.45, 2.75) is 84.0 Å². The van der Waals surface area contributed by atoms with Gasteiger partial charge in [-0.25, -0.2) is 4.79 Å². The molecule has 0 aromatic carbocycles. The van der Waals surface area contributed by atoms with E-state index in [1.807, 2.05) is 0 Å². The number of aliphatic hydroxyl groups excluding tert-OH is 1. The third-order valence-corrected chi connectivity index (χ3v) is 6.60. The van der Waals surface area contributed by atoms with Crippen LogP contribution in [0.25, 0.3) is 0 Å². The van der Waals surface area contributed by atoms with Gasteiger partial charge in [-0.3, -0.25) is 33.6 Å². The highest BCUT2D eigenvalue weighted by Gasteiger charge is 2.31. The minimum atomic E-state index is -1.53. The summed E-state index contributed by atoms with van der Waals surface area (Å²) in [6.07, 6.45) is 1.33. The lowest BCUT2D eigenvalue weighted by Crippen LogP contribution is -2.59. The van der Waals surface area contributed by atoms with Gasteiger partial charge in [-0.15, -0.1) is 0 Å². The highest BCUT2D eigenvalue weighted by molar-refractivity contribution is 5.96. The van der Waals surface area contributed by atoms with Crippen molar-refractivity contribution in [3.63, 3.8) is 0 Å². The Kier molecular flexibility index (Phi) is 21.7. The molecule has 4 atom stereocenters. The molecule has 48 heavy (non-hydrogen) atoms. The van der Waals surface area contributed by atoms with Gasteiger partial charge in [0, 0.05) is 0 Å². The Morgan fingerprint density at radius 1 is 0.562 bits per heavy atom. The van der Waals surface area contributed by atoms with Gasteiger partial charge in [0.05, 0.1) is 32.8 Å². The van der Waals surface area contributed by atoms with Crippen LogP contribution < -0.4 is 48.7 Å². The average Bonchev–Trinajstić information content (AvgIpc) is 3.02. The lowest BCUT2D eigenvalue weighted by molar-refractivity contribution is -0.143. The van der Waals surface area contributed by atoms with Crippen molar-refractivity contribution >= 4 is 47.3 Å². The van der Waals surface area contributed by atoms with Gasteiger partial charge >= 0.3 is 5.97 Å². The van der Waals surface area contributed by atoms with Crippen LogP contribution in [0.15, 0.2) is 0 Å². The molecule has 0 saturated carbocycles. The van der Waals surface area contributed by atoms with Crippen LogP contribution in [0.1, 0.15) is 59.8 Å². The number of carboxylic acid groups (broad SMARTS) is 1. The Hall–Kier alpha value is -4.36. The van der Waals surface area contributed by atoms with Crippen LogP contribution in [0.2, 0.25) is 0 Å². The molecule has 0 bridgehead atoms. The molecule has 0 aliphatic rings. The van der Waals surface area contributed by atoms with Crippen molar-refractivity contribution in [1.82, 2.24) is 37.2 Å². The van der Waals surface area contributed by atoms with E-state index in [1.54, 1.807) is 27.7 Å². The molecule has 0 aromatic rings. The molecule has 0 aromatic heterocycles. The van der Waals surface area contributed by atoms with E-state index >= 15 is 0 Å². The summed E-state index contributed by atoms with van der Waals surface area (Å²) < 4.78 is 0. The lowest BCUT2D eigenvalue weighted by atomic mass is 10.0. The molecular weight excluding hydrogens is 634 g/mol. The molecule has 0 aliphatic heterocycles. The number of hydrogen-bond donors (Lipinski definition) is 11. The second-order valence-electron chi connectivity index (χ2n) is 11.9. The minimum Gasteiger partial charge on any atom is -0.480 e. The lowest BCUT2D eigenvalue weighted by Gasteiger charge is -2.26. The maximum Gasteiger partial charge on any atom is 0.326 e. The zero-order valence-corrected chi connectivity index (χ0v) is 28.1. The normalized spacial score (nSPS) is 13.4. The van der Waals surface area contributed by atoms with Crippen LogP contribution >= 0.6 is 0 Å². The van der Waals surface area contributed by atoms with Crippen molar-refractivity contribution < 1.29 is 48.6 Å². The monoisotopic (exact) mass is 687 g/mol. The van der Waals surface area contributed by atoms with E-state index < -0.39 is 97.7 Å². The first-order valence-corrected chi connectivity index (χ1v) is 15.8. The number of carbonyl (C=O) groups excluding carboxylic acids is 7. The van der Waals surface area contributed by atoms with Crippen LogP contribution in [0.4, 0.5) is 0 Å². The second kappa shape index (κ2) is 23.9. The Bertz CT molecular complexity index is 1100. The van der Waals surface area contributed by atoms with E-state index in [4.69, 9.17) is 11.5 Å². The number of aliphatic hydroxyl groups is 1. The van der Waals surface area contributed by atoms with Crippen LogP contribution in [-0.2, 0) is 38.4 Å². The van der Waals surface area contributed by atoms with Gasteiger partial charge in [-0.1, -0.05) is 27.7 Å². The highest BCUT2D eigenvalue weighted by Crippen LogP contribution is 2.09. The number of amides is 7. The van der Waals surface area contributed by atoms with Gasteiger partial charge < -0.3 is 58.9 Å². The largest absolute Gasteiger partial charge is 0.480 e. The van der Waals surface area contributed by atoms with E-state index in [0.29, 0.717) is 19.4 Å². The first-order valence-electron chi connectivity index (χ1n) is 15.8. The van der Waals surface area contributed by atoms with E-state index in [-0.39, 0.29) is 37.6 Å². The zero-order chi connectivity index (χ0) is 36.8. The van der Waals surface area contributed by atoms with E-state index in [1.165, 1.54) is 0 Å². The third kappa shape index (κ3) is 19.3. The summed E-state index contributed by atoms with van der Waals surface area (Å²) in [5.41, 5.74) is 10.7. The molecule has 0 fully saturated rings. The summed E-state index contributed by atoms with van der Waals surface area (Å²) >= 11 is 0. The molecule has 274 valence electrons. The maximum atomic E-state index is 13.1. The molecular formula is C29H53N9O10. The predicted molar refractivity (Wildman–Crippen MR) is 172 cm³/mol. The molecule has 0 rings (SSSR count). The van der Waals surface area contributed by atoms with Gasteiger partial charge in [0.2, 0.25) is 41.4 Å². The van der Waals surface area contributed by atoms with Crippen molar-refractivity contribution in [2.75, 3.05) is 39.3 Å². The number of unbranched alkanes of at least 4 members (excludes halogenated alkanes) is 1. The van der Waals surface area contributed by atoms with Gasteiger partial charge in [0.25, 0.3) is 0 Å². The van der Waals surface area contributed by atoms with Gasteiger partial charge in [0.1, 0.15) is 24.2 Å². The van der Waals surface area contributed by atoms with Crippen LogP contribution in [-0.4, -0.2) is 121 Å². The van der Waals surface area contributed by atoms with E-state index in [9.17, 15) is 48.6 Å². The SMILES string of the molecule is CC(C)C[C@H](NC(=O)[C@H](CCCCN)NC(=O)[C@H](CO)NC(=O)[C@H](CC(C)C)NC(=O)CNC(=O)CNC(=O)CNC(=O)CN)C(=O)O. The molecule has 0 heterocycles. The zero-order valence-electron chi connectivity index (χ0n) is 28.1. The van der Waals surface area contributed by atoms with Crippen LogP contribution in [0, 0.1) is 11.8 Å². The quantitative estimate of drug-likeness (QED) is 0.0428. The van der Waals surface area contributed by atoms with Gasteiger partial charge in [0.15, 0.2) is 0 Å². The fourth-order valence-electron chi connectivity index (χ4n) is 4.15. The molecule has 0 aliphatic carbocycles. The summed E-state index contributed by atoms with van der Waals surface area (Å²) in [7, 11) is 0. The standard InChI is InChI=1S/C29H53N9O10/c1-16(2)9-19(35-25(43)14-34-24(42)13-33-23(41)12-32-22(40)11-31)27(45)38-21(15-39)28(46)36-18(7-5-6-8-30)26(44)37-20(29(47)48)10-17(3)4/h16-21,39H,5-15,30-31H2,1-4H3,(H,32,40)(H,33,41)(H,34,42)(H,35,43)(H,36,46)(H,37,44)(H,38,45)(H,47,48)/t18-,19-,20-,21-/m0/s1. The smallest absolute Gasteiger partial charge is 0.326 e. The Labute approximate surface area is 279 Å². The first-order chi connectivity index (χ1) is 22.5. The molecule has 7 amide bonds. The molecule has 19 heteroatoms. The van der Waals surface area contributed by atoms with Gasteiger partial charge in [-0.2, -0.15) is 0 Å². The summed E-state index contributed by atoms with van der Waals surface area (Å²) in [5, 5.41) is 35.9. The average molecular weight is 688 g/mol. The number of carbonyl (C=O) groups is 8.